The largest absolute Gasteiger partial charge is 0.480 e. The van der Waals surface area contributed by atoms with Crippen molar-refractivity contribution in [3.63, 3.8) is 0 Å². The molecule has 2 rings (SSSR count). The predicted molar refractivity (Wildman–Crippen MR) is 75.8 cm³/mol. The summed E-state index contributed by atoms with van der Waals surface area (Å²) < 4.78 is 1.40. The summed E-state index contributed by atoms with van der Waals surface area (Å²) in [5.41, 5.74) is 2.21. The Hall–Kier alpha value is -2.56. The van der Waals surface area contributed by atoms with Crippen LogP contribution in [0.1, 0.15) is 23.0 Å². The maximum Gasteiger partial charge on any atom is 0.323 e. The monoisotopic (exact) mass is 272 g/mol. The molecule has 2 aromatic rings. The zero-order valence-corrected chi connectivity index (χ0v) is 11.2. The van der Waals surface area contributed by atoms with Gasteiger partial charge in [0.25, 0.3) is 5.91 Å². The number of aliphatic carboxylic acids is 1. The van der Waals surface area contributed by atoms with Crippen molar-refractivity contribution in [1.82, 2.24) is 4.57 Å². The lowest BCUT2D eigenvalue weighted by Gasteiger charge is -2.08. The van der Waals surface area contributed by atoms with Crippen LogP contribution >= 0.6 is 0 Å². The maximum absolute atomic E-state index is 12.1. The molecule has 5 nitrogen and oxygen atoms in total. The highest BCUT2D eigenvalue weighted by Crippen LogP contribution is 2.12. The summed E-state index contributed by atoms with van der Waals surface area (Å²) in [4.78, 5) is 22.8. The van der Waals surface area contributed by atoms with E-state index in [1.165, 1.54) is 10.1 Å². The Morgan fingerprint density at radius 3 is 2.50 bits per heavy atom. The molecule has 0 atom stereocenters. The third kappa shape index (κ3) is 3.26. The van der Waals surface area contributed by atoms with Gasteiger partial charge in [-0.05, 0) is 36.2 Å². The number of rotatable bonds is 5. The van der Waals surface area contributed by atoms with E-state index in [4.69, 9.17) is 5.11 Å². The minimum atomic E-state index is -0.984. The van der Waals surface area contributed by atoms with Crippen LogP contribution in [0.3, 0.4) is 0 Å². The normalized spacial score (nSPS) is 10.2. The van der Waals surface area contributed by atoms with Gasteiger partial charge in [-0.3, -0.25) is 9.59 Å². The molecule has 1 aromatic heterocycles. The fourth-order valence-corrected chi connectivity index (χ4v) is 1.92. The number of hydrogen-bond donors (Lipinski definition) is 2. The van der Waals surface area contributed by atoms with E-state index < -0.39 is 5.97 Å². The van der Waals surface area contributed by atoms with Crippen molar-refractivity contribution in [1.29, 1.82) is 0 Å². The van der Waals surface area contributed by atoms with Gasteiger partial charge in [-0.1, -0.05) is 19.1 Å². The van der Waals surface area contributed by atoms with Gasteiger partial charge in [0.15, 0.2) is 0 Å². The SMILES string of the molecule is CCc1ccc(NC(=O)c2cccn2CC(=O)O)cc1. The molecule has 104 valence electrons. The molecule has 0 fully saturated rings. The average Bonchev–Trinajstić information content (AvgIpc) is 2.87. The number of carbonyl (C=O) groups excluding carboxylic acids is 1. The van der Waals surface area contributed by atoms with Gasteiger partial charge in [-0.25, -0.2) is 0 Å². The number of amides is 1. The van der Waals surface area contributed by atoms with Crippen molar-refractivity contribution in [2.45, 2.75) is 19.9 Å². The van der Waals surface area contributed by atoms with E-state index in [0.717, 1.165) is 6.42 Å². The van der Waals surface area contributed by atoms with Crippen molar-refractivity contribution >= 4 is 17.6 Å². The molecule has 1 amide bonds. The van der Waals surface area contributed by atoms with E-state index in [0.29, 0.717) is 11.4 Å². The number of anilines is 1. The van der Waals surface area contributed by atoms with Crippen LogP contribution in [0.5, 0.6) is 0 Å². The average molecular weight is 272 g/mol. The molecule has 5 heteroatoms. The van der Waals surface area contributed by atoms with Crippen LogP contribution in [-0.2, 0) is 17.8 Å². The lowest BCUT2D eigenvalue weighted by molar-refractivity contribution is -0.137. The summed E-state index contributed by atoms with van der Waals surface area (Å²) in [5.74, 6) is -1.30. The molecular weight excluding hydrogens is 256 g/mol. The molecule has 0 radical (unpaired) electrons. The molecular formula is C15H16N2O3. The van der Waals surface area contributed by atoms with Gasteiger partial charge in [0.1, 0.15) is 12.2 Å². The summed E-state index contributed by atoms with van der Waals surface area (Å²) in [6, 6.07) is 10.8. The Labute approximate surface area is 116 Å². The topological polar surface area (TPSA) is 71.3 Å². The fraction of sp³-hybridized carbons (Fsp3) is 0.200. The Kier molecular flexibility index (Phi) is 4.20. The smallest absolute Gasteiger partial charge is 0.323 e. The molecule has 0 aliphatic rings. The van der Waals surface area contributed by atoms with Crippen molar-refractivity contribution in [3.05, 3.63) is 53.9 Å². The lowest BCUT2D eigenvalue weighted by Crippen LogP contribution is -2.19. The summed E-state index contributed by atoms with van der Waals surface area (Å²) in [5, 5.41) is 11.5. The number of hydrogen-bond acceptors (Lipinski definition) is 2. The number of aryl methyl sites for hydroxylation is 1. The Morgan fingerprint density at radius 1 is 1.20 bits per heavy atom. The highest BCUT2D eigenvalue weighted by atomic mass is 16.4. The van der Waals surface area contributed by atoms with Crippen molar-refractivity contribution < 1.29 is 14.7 Å². The highest BCUT2D eigenvalue weighted by Gasteiger charge is 2.12. The second-order valence-corrected chi connectivity index (χ2v) is 4.42. The molecule has 0 saturated heterocycles. The number of carboxylic acid groups (broad SMARTS) is 1. The number of carboxylic acids is 1. The van der Waals surface area contributed by atoms with Gasteiger partial charge in [0.05, 0.1) is 0 Å². The van der Waals surface area contributed by atoms with Crippen LogP contribution in [0.25, 0.3) is 0 Å². The number of nitrogens with zero attached hydrogens (tertiary/aromatic N) is 1. The predicted octanol–water partition coefficient (Wildman–Crippen LogP) is 2.39. The van der Waals surface area contributed by atoms with Crippen LogP contribution in [0.4, 0.5) is 5.69 Å². The van der Waals surface area contributed by atoms with Gasteiger partial charge in [0.2, 0.25) is 0 Å². The van der Waals surface area contributed by atoms with Gasteiger partial charge in [-0.15, -0.1) is 0 Å². The van der Waals surface area contributed by atoms with Gasteiger partial charge in [-0.2, -0.15) is 0 Å². The Balaban J connectivity index is 2.11. The quantitative estimate of drug-likeness (QED) is 0.877. The van der Waals surface area contributed by atoms with E-state index >= 15 is 0 Å². The Bertz CT molecular complexity index is 614. The summed E-state index contributed by atoms with van der Waals surface area (Å²) in [7, 11) is 0. The molecule has 0 bridgehead atoms. The third-order valence-electron chi connectivity index (χ3n) is 2.99. The van der Waals surface area contributed by atoms with Gasteiger partial charge >= 0.3 is 5.97 Å². The number of nitrogens with one attached hydrogen (secondary N) is 1. The zero-order chi connectivity index (χ0) is 14.5. The van der Waals surface area contributed by atoms with Crippen LogP contribution in [-0.4, -0.2) is 21.6 Å². The molecule has 0 aliphatic carbocycles. The van der Waals surface area contributed by atoms with Crippen LogP contribution in [0, 0.1) is 0 Å². The molecule has 0 spiro atoms. The number of carbonyl (C=O) groups is 2. The first-order valence-electron chi connectivity index (χ1n) is 6.37. The third-order valence-corrected chi connectivity index (χ3v) is 2.99. The minimum absolute atomic E-state index is 0.232. The Morgan fingerprint density at radius 2 is 1.90 bits per heavy atom. The zero-order valence-electron chi connectivity index (χ0n) is 11.2. The van der Waals surface area contributed by atoms with E-state index in [1.54, 1.807) is 18.3 Å². The van der Waals surface area contributed by atoms with Gasteiger partial charge in [0, 0.05) is 11.9 Å². The van der Waals surface area contributed by atoms with Crippen LogP contribution < -0.4 is 5.32 Å². The fourth-order valence-electron chi connectivity index (χ4n) is 1.92. The molecule has 20 heavy (non-hydrogen) atoms. The van der Waals surface area contributed by atoms with Crippen LogP contribution in [0.2, 0.25) is 0 Å². The molecule has 1 heterocycles. The maximum atomic E-state index is 12.1. The summed E-state index contributed by atoms with van der Waals surface area (Å²) in [6.45, 7) is 1.83. The molecule has 0 unspecified atom stereocenters. The van der Waals surface area contributed by atoms with Crippen LogP contribution in [0.15, 0.2) is 42.6 Å². The van der Waals surface area contributed by atoms with E-state index in [-0.39, 0.29) is 12.5 Å². The second-order valence-electron chi connectivity index (χ2n) is 4.42. The molecule has 0 aliphatic heterocycles. The van der Waals surface area contributed by atoms with Crippen molar-refractivity contribution in [3.8, 4) is 0 Å². The minimum Gasteiger partial charge on any atom is -0.480 e. The van der Waals surface area contributed by atoms with E-state index in [1.807, 2.05) is 24.3 Å². The first kappa shape index (κ1) is 13.9. The van der Waals surface area contributed by atoms with Crippen molar-refractivity contribution in [2.75, 3.05) is 5.32 Å². The summed E-state index contributed by atoms with van der Waals surface area (Å²) >= 11 is 0. The highest BCUT2D eigenvalue weighted by molar-refractivity contribution is 6.03. The van der Waals surface area contributed by atoms with Gasteiger partial charge < -0.3 is 15.0 Å². The number of aromatic nitrogens is 1. The standard InChI is InChI=1S/C15H16N2O3/c1-2-11-5-7-12(8-6-11)16-15(20)13-4-3-9-17(13)10-14(18)19/h3-9H,2,10H2,1H3,(H,16,20)(H,18,19). The second kappa shape index (κ2) is 6.06. The van der Waals surface area contributed by atoms with E-state index in [2.05, 4.69) is 12.2 Å². The molecule has 2 N–H and O–H groups in total. The molecule has 1 aromatic carbocycles. The lowest BCUT2D eigenvalue weighted by atomic mass is 10.1. The molecule has 0 saturated carbocycles. The first-order chi connectivity index (χ1) is 9.60. The summed E-state index contributed by atoms with van der Waals surface area (Å²) in [6.07, 6.45) is 2.51. The van der Waals surface area contributed by atoms with Crippen molar-refractivity contribution in [2.24, 2.45) is 0 Å². The first-order valence-corrected chi connectivity index (χ1v) is 6.37. The van der Waals surface area contributed by atoms with E-state index in [9.17, 15) is 9.59 Å². The number of benzene rings is 1.